The third kappa shape index (κ3) is 2.92. The molecule has 2 fully saturated rings. The molecule has 0 saturated carbocycles. The largest absolute Gasteiger partial charge is 0.467 e. The van der Waals surface area contributed by atoms with E-state index in [9.17, 15) is 4.79 Å². The number of fused-ring (bicyclic) bond motifs is 2. The van der Waals surface area contributed by atoms with Crippen molar-refractivity contribution in [1.82, 2.24) is 19.8 Å². The molecule has 1 amide bonds. The molecule has 4 rings (SSSR count). The molecule has 0 bridgehead atoms. The lowest BCUT2D eigenvalue weighted by molar-refractivity contribution is -0.145. The Balaban J connectivity index is 1.49. The second-order valence-corrected chi connectivity index (χ2v) is 7.61. The van der Waals surface area contributed by atoms with Crippen LogP contribution < -0.4 is 4.74 Å². The predicted octanol–water partition coefficient (Wildman–Crippen LogP) is 2.48. The number of benzene rings is 1. The number of likely N-dealkylation sites (tertiary alicyclic amines) is 2. The van der Waals surface area contributed by atoms with Crippen molar-refractivity contribution >= 4 is 16.8 Å². The zero-order chi connectivity index (χ0) is 18.1. The number of amides is 1. The average molecular weight is 354 g/mol. The quantitative estimate of drug-likeness (QED) is 0.847. The monoisotopic (exact) mass is 354 g/mol. The Morgan fingerprint density at radius 1 is 1.27 bits per heavy atom. The summed E-state index contributed by atoms with van der Waals surface area (Å²) in [5.74, 6) is 0.531. The van der Waals surface area contributed by atoms with Crippen molar-refractivity contribution in [3.05, 3.63) is 30.6 Å². The van der Waals surface area contributed by atoms with Gasteiger partial charge in [0.25, 0.3) is 5.91 Å². The number of hydrogen-bond acceptors (Lipinski definition) is 5. The highest BCUT2D eigenvalue weighted by atomic mass is 16.5. The van der Waals surface area contributed by atoms with Crippen LogP contribution in [-0.2, 0) is 4.79 Å². The van der Waals surface area contributed by atoms with Gasteiger partial charge in [0.2, 0.25) is 5.88 Å². The lowest BCUT2D eigenvalue weighted by atomic mass is 9.76. The maximum atomic E-state index is 13.0. The number of carbonyl (C=O) groups excluding carboxylic acids is 1. The molecule has 1 aromatic carbocycles. The van der Waals surface area contributed by atoms with Gasteiger partial charge in [-0.1, -0.05) is 12.1 Å². The summed E-state index contributed by atoms with van der Waals surface area (Å²) in [6, 6.07) is 7.96. The predicted molar refractivity (Wildman–Crippen MR) is 100 cm³/mol. The zero-order valence-corrected chi connectivity index (χ0v) is 15.5. The Bertz CT molecular complexity index is 806. The third-order valence-corrected chi connectivity index (χ3v) is 6.18. The van der Waals surface area contributed by atoms with Gasteiger partial charge < -0.3 is 9.64 Å². The first kappa shape index (κ1) is 17.2. The minimum absolute atomic E-state index is 0.0251. The summed E-state index contributed by atoms with van der Waals surface area (Å²) in [6.07, 6.45) is 5.88. The van der Waals surface area contributed by atoms with Crippen molar-refractivity contribution in [2.24, 2.45) is 0 Å². The van der Waals surface area contributed by atoms with Gasteiger partial charge in [-0.15, -0.1) is 0 Å². The van der Waals surface area contributed by atoms with Gasteiger partial charge >= 0.3 is 0 Å². The molecule has 0 aliphatic carbocycles. The Morgan fingerprint density at radius 2 is 2.12 bits per heavy atom. The lowest BCUT2D eigenvalue weighted by Crippen LogP contribution is -2.66. The molecule has 3 heterocycles. The van der Waals surface area contributed by atoms with Crippen molar-refractivity contribution in [3.63, 3.8) is 0 Å². The van der Waals surface area contributed by atoms with E-state index in [-0.39, 0.29) is 24.1 Å². The number of para-hydroxylation sites is 1. The molecule has 0 radical (unpaired) electrons. The van der Waals surface area contributed by atoms with Crippen LogP contribution >= 0.6 is 0 Å². The molecular formula is C20H26N4O2. The number of likely N-dealkylation sites (N-methyl/N-ethyl adjacent to an activating group) is 1. The van der Waals surface area contributed by atoms with Crippen molar-refractivity contribution in [2.45, 2.75) is 44.2 Å². The third-order valence-electron chi connectivity index (χ3n) is 6.18. The molecule has 2 aromatic rings. The first-order valence-corrected chi connectivity index (χ1v) is 9.43. The summed E-state index contributed by atoms with van der Waals surface area (Å²) < 4.78 is 5.82. The minimum atomic E-state index is 0.0251. The topological polar surface area (TPSA) is 58.6 Å². The van der Waals surface area contributed by atoms with E-state index in [1.54, 1.807) is 0 Å². The molecule has 2 aliphatic heterocycles. The second kappa shape index (κ2) is 6.83. The van der Waals surface area contributed by atoms with E-state index in [4.69, 9.17) is 4.74 Å². The molecule has 2 aliphatic rings. The molecular weight excluding hydrogens is 328 g/mol. The number of rotatable bonds is 3. The Hall–Kier alpha value is -2.21. The smallest absolute Gasteiger partial charge is 0.260 e. The van der Waals surface area contributed by atoms with Crippen LogP contribution in [0.1, 0.15) is 32.6 Å². The van der Waals surface area contributed by atoms with Gasteiger partial charge in [-0.05, 0) is 58.3 Å². The van der Waals surface area contributed by atoms with Crippen LogP contribution in [-0.4, -0.2) is 64.0 Å². The van der Waals surface area contributed by atoms with Crippen LogP contribution in [0.5, 0.6) is 5.88 Å². The fraction of sp³-hybridized carbons (Fsp3) is 0.550. The molecule has 6 nitrogen and oxygen atoms in total. The molecule has 1 aromatic heterocycles. The first-order chi connectivity index (χ1) is 12.6. The summed E-state index contributed by atoms with van der Waals surface area (Å²) in [7, 11) is 2.18. The van der Waals surface area contributed by atoms with Crippen LogP contribution in [0.2, 0.25) is 0 Å². The first-order valence-electron chi connectivity index (χ1n) is 9.43. The summed E-state index contributed by atoms with van der Waals surface area (Å²) in [4.78, 5) is 25.9. The normalized spacial score (nSPS) is 26.5. The molecule has 2 saturated heterocycles. The average Bonchev–Trinajstić information content (AvgIpc) is 2.66. The molecule has 0 N–H and O–H groups in total. The Morgan fingerprint density at radius 3 is 3.00 bits per heavy atom. The Labute approximate surface area is 154 Å². The highest BCUT2D eigenvalue weighted by Crippen LogP contribution is 2.38. The fourth-order valence-corrected chi connectivity index (χ4v) is 4.56. The number of nitrogens with zero attached hydrogens (tertiary/aromatic N) is 4. The zero-order valence-electron chi connectivity index (χ0n) is 15.5. The van der Waals surface area contributed by atoms with Crippen LogP contribution in [0.25, 0.3) is 10.9 Å². The lowest BCUT2D eigenvalue weighted by Gasteiger charge is -2.55. The summed E-state index contributed by atoms with van der Waals surface area (Å²) >= 11 is 0. The number of piperidine rings is 2. The molecule has 0 unspecified atom stereocenters. The van der Waals surface area contributed by atoms with Crippen molar-refractivity contribution < 1.29 is 9.53 Å². The summed E-state index contributed by atoms with van der Waals surface area (Å²) in [6.45, 7) is 4.26. The van der Waals surface area contributed by atoms with E-state index >= 15 is 0 Å². The summed E-state index contributed by atoms with van der Waals surface area (Å²) in [5.41, 5.74) is 0.901. The van der Waals surface area contributed by atoms with E-state index in [0.717, 1.165) is 49.7 Å². The van der Waals surface area contributed by atoms with Crippen LogP contribution in [0.15, 0.2) is 30.6 Å². The maximum Gasteiger partial charge on any atom is 0.260 e. The molecule has 138 valence electrons. The van der Waals surface area contributed by atoms with Gasteiger partial charge in [-0.2, -0.15) is 0 Å². The van der Waals surface area contributed by atoms with Gasteiger partial charge in [-0.3, -0.25) is 9.69 Å². The van der Waals surface area contributed by atoms with Gasteiger partial charge in [-0.25, -0.2) is 9.97 Å². The van der Waals surface area contributed by atoms with E-state index in [2.05, 4.69) is 28.8 Å². The number of carbonyl (C=O) groups is 1. The molecule has 6 heteroatoms. The van der Waals surface area contributed by atoms with E-state index in [0.29, 0.717) is 5.88 Å². The van der Waals surface area contributed by atoms with Crippen LogP contribution in [0.3, 0.4) is 0 Å². The van der Waals surface area contributed by atoms with Gasteiger partial charge in [0.15, 0.2) is 6.61 Å². The van der Waals surface area contributed by atoms with E-state index < -0.39 is 0 Å². The highest BCUT2D eigenvalue weighted by Gasteiger charge is 2.47. The number of ether oxygens (including phenoxy) is 1. The highest BCUT2D eigenvalue weighted by molar-refractivity contribution is 5.84. The standard InChI is InChI=1S/C20H26N4O2/c1-20-10-6-12-24(17(20)9-5-11-23(20)2)18(25)13-26-19-15-7-3-4-8-16(15)21-14-22-19/h3-4,7-8,14,17H,5-6,9-13H2,1-2H3/t17-,20-/m0/s1. The minimum Gasteiger partial charge on any atom is -0.467 e. The van der Waals surface area contributed by atoms with Gasteiger partial charge in [0, 0.05) is 18.1 Å². The van der Waals surface area contributed by atoms with E-state index in [1.807, 2.05) is 29.2 Å². The van der Waals surface area contributed by atoms with Crippen molar-refractivity contribution in [2.75, 3.05) is 26.7 Å². The Kier molecular flexibility index (Phi) is 4.53. The second-order valence-electron chi connectivity index (χ2n) is 7.61. The molecule has 26 heavy (non-hydrogen) atoms. The number of aromatic nitrogens is 2. The van der Waals surface area contributed by atoms with Gasteiger partial charge in [0.05, 0.1) is 10.9 Å². The fourth-order valence-electron chi connectivity index (χ4n) is 4.56. The van der Waals surface area contributed by atoms with Crippen LogP contribution in [0, 0.1) is 0 Å². The number of hydrogen-bond donors (Lipinski definition) is 0. The molecule has 0 spiro atoms. The van der Waals surface area contributed by atoms with Gasteiger partial charge in [0.1, 0.15) is 6.33 Å². The summed E-state index contributed by atoms with van der Waals surface area (Å²) in [5, 5.41) is 0.837. The SMILES string of the molecule is CN1CCC[C@@H]2N(C(=O)COc3ncnc4ccccc34)CCC[C@@]21C. The molecule has 2 atom stereocenters. The van der Waals surface area contributed by atoms with Crippen LogP contribution in [0.4, 0.5) is 0 Å². The van der Waals surface area contributed by atoms with E-state index in [1.165, 1.54) is 6.33 Å². The van der Waals surface area contributed by atoms with Crippen molar-refractivity contribution in [1.29, 1.82) is 0 Å². The maximum absolute atomic E-state index is 13.0. The van der Waals surface area contributed by atoms with Crippen molar-refractivity contribution in [3.8, 4) is 5.88 Å².